The molecule has 0 aliphatic heterocycles. The smallest absolute Gasteiger partial charge is 0.441 e. The second-order valence-electron chi connectivity index (χ2n) is 8.30. The van der Waals surface area contributed by atoms with Crippen LogP contribution >= 0.6 is 0 Å². The number of hydrogen-bond donors (Lipinski definition) is 2. The maximum atomic E-state index is 12.9. The number of carbonyl (C=O) groups excluding carboxylic acids is 3. The Labute approximate surface area is 225 Å². The molecule has 1 aliphatic rings. The van der Waals surface area contributed by atoms with Crippen LogP contribution < -0.4 is 5.32 Å². The number of carboxylic acids is 1. The predicted molar refractivity (Wildman–Crippen MR) is 140 cm³/mol. The summed E-state index contributed by atoms with van der Waals surface area (Å²) in [5.74, 6) is -3.64. The van der Waals surface area contributed by atoms with Gasteiger partial charge < -0.3 is 29.2 Å². The summed E-state index contributed by atoms with van der Waals surface area (Å²) < 4.78 is 16.2. The van der Waals surface area contributed by atoms with E-state index >= 15 is 0 Å². The first kappa shape index (κ1) is 29.2. The number of carboxylic acid groups (broad SMARTS) is 1. The van der Waals surface area contributed by atoms with Gasteiger partial charge in [0, 0.05) is 18.2 Å². The molecule has 0 saturated carbocycles. The van der Waals surface area contributed by atoms with E-state index in [2.05, 4.69) is 5.32 Å². The molecule has 2 N–H and O–H groups in total. The average Bonchev–Trinajstić information content (AvgIpc) is 3.61. The molecule has 0 bridgehead atoms. The Morgan fingerprint density at radius 3 is 2.31 bits per heavy atom. The van der Waals surface area contributed by atoms with Crippen LogP contribution in [0.25, 0.3) is 6.08 Å². The van der Waals surface area contributed by atoms with Crippen LogP contribution in [-0.4, -0.2) is 79.4 Å². The molecule has 0 saturated heterocycles. The fraction of sp³-hybridized carbons (Fsp3) is 0.286. The summed E-state index contributed by atoms with van der Waals surface area (Å²) >= 11 is 0. The SMILES string of the molecule is Cc1ccc(C(=O)/C=C/c2ccc(C(=O)N(CCOCCOCCNC3C=CC=C3)OC(=O)C(=O)O)cc2)o1. The predicted octanol–water partition coefficient (Wildman–Crippen LogP) is 2.59. The van der Waals surface area contributed by atoms with Crippen molar-refractivity contribution in [3.05, 3.63) is 89.4 Å². The van der Waals surface area contributed by atoms with Crippen LogP contribution in [-0.2, 0) is 23.9 Å². The molecule has 0 fully saturated rings. The Balaban J connectivity index is 1.45. The van der Waals surface area contributed by atoms with Gasteiger partial charge in [-0.2, -0.15) is 5.06 Å². The highest BCUT2D eigenvalue weighted by molar-refractivity contribution is 6.28. The first-order chi connectivity index (χ1) is 18.8. The number of allylic oxidation sites excluding steroid dienone is 3. The molecule has 2 aromatic rings. The number of ether oxygens (including phenoxy) is 2. The second kappa shape index (κ2) is 15.2. The van der Waals surface area contributed by atoms with E-state index in [-0.39, 0.29) is 42.9 Å². The van der Waals surface area contributed by atoms with Gasteiger partial charge in [0.15, 0.2) is 5.76 Å². The number of benzene rings is 1. The van der Waals surface area contributed by atoms with Gasteiger partial charge in [-0.25, -0.2) is 9.59 Å². The molecule has 39 heavy (non-hydrogen) atoms. The molecule has 0 unspecified atom stereocenters. The number of hydrogen-bond acceptors (Lipinski definition) is 9. The highest BCUT2D eigenvalue weighted by Gasteiger charge is 2.24. The molecule has 1 aliphatic carbocycles. The van der Waals surface area contributed by atoms with Crippen LogP contribution in [0, 0.1) is 6.92 Å². The minimum Gasteiger partial charge on any atom is -0.473 e. The number of ketones is 1. The molecule has 0 radical (unpaired) electrons. The number of nitrogens with zero attached hydrogens (tertiary/aromatic N) is 1. The van der Waals surface area contributed by atoms with Crippen LogP contribution in [0.5, 0.6) is 0 Å². The maximum Gasteiger partial charge on any atom is 0.441 e. The topological polar surface area (TPSA) is 145 Å². The third-order valence-electron chi connectivity index (χ3n) is 5.35. The highest BCUT2D eigenvalue weighted by Crippen LogP contribution is 2.12. The normalized spacial score (nSPS) is 12.7. The standard InChI is InChI=1S/C28H30N2O9/c1-20-6-13-25(38-20)24(31)12-9-21-7-10-22(11-8-21)26(32)30(39-28(35)27(33)34)15-17-37-19-18-36-16-14-29-23-4-2-3-5-23/h2-13,23,29H,14-19H2,1H3,(H,33,34)/b12-9+. The van der Waals surface area contributed by atoms with Gasteiger partial charge in [-0.15, -0.1) is 0 Å². The van der Waals surface area contributed by atoms with E-state index < -0.39 is 17.8 Å². The third-order valence-corrected chi connectivity index (χ3v) is 5.35. The Morgan fingerprint density at radius 1 is 0.974 bits per heavy atom. The first-order valence-corrected chi connectivity index (χ1v) is 12.2. The Kier molecular flexibility index (Phi) is 11.4. The van der Waals surface area contributed by atoms with Crippen molar-refractivity contribution in [3.63, 3.8) is 0 Å². The fourth-order valence-corrected chi connectivity index (χ4v) is 3.36. The van der Waals surface area contributed by atoms with Gasteiger partial charge in [0.2, 0.25) is 5.78 Å². The lowest BCUT2D eigenvalue weighted by Crippen LogP contribution is -2.38. The van der Waals surface area contributed by atoms with E-state index in [0.717, 1.165) is 0 Å². The zero-order valence-corrected chi connectivity index (χ0v) is 21.4. The zero-order valence-electron chi connectivity index (χ0n) is 21.4. The van der Waals surface area contributed by atoms with E-state index in [9.17, 15) is 19.2 Å². The summed E-state index contributed by atoms with van der Waals surface area (Å²) in [6.45, 7) is 3.23. The van der Waals surface area contributed by atoms with Crippen molar-refractivity contribution in [2.75, 3.05) is 39.5 Å². The first-order valence-electron chi connectivity index (χ1n) is 12.2. The Morgan fingerprint density at radius 2 is 1.67 bits per heavy atom. The molecule has 11 heteroatoms. The van der Waals surface area contributed by atoms with Crippen LogP contribution in [0.2, 0.25) is 0 Å². The second-order valence-corrected chi connectivity index (χ2v) is 8.30. The lowest BCUT2D eigenvalue weighted by atomic mass is 10.1. The van der Waals surface area contributed by atoms with Crippen LogP contribution in [0.3, 0.4) is 0 Å². The molecule has 206 valence electrons. The van der Waals surface area contributed by atoms with Gasteiger partial charge >= 0.3 is 11.9 Å². The summed E-state index contributed by atoms with van der Waals surface area (Å²) in [6.07, 6.45) is 10.9. The number of nitrogens with one attached hydrogen (secondary N) is 1. The van der Waals surface area contributed by atoms with E-state index in [1.165, 1.54) is 18.2 Å². The van der Waals surface area contributed by atoms with Gasteiger partial charge in [-0.3, -0.25) is 9.59 Å². The summed E-state index contributed by atoms with van der Waals surface area (Å²) in [6, 6.07) is 9.59. The van der Waals surface area contributed by atoms with Crippen LogP contribution in [0.15, 0.2) is 71.2 Å². The summed E-state index contributed by atoms with van der Waals surface area (Å²) in [7, 11) is 0. The van der Waals surface area contributed by atoms with Gasteiger partial charge in [0.25, 0.3) is 5.91 Å². The van der Waals surface area contributed by atoms with Crippen molar-refractivity contribution in [1.29, 1.82) is 0 Å². The fourth-order valence-electron chi connectivity index (χ4n) is 3.36. The molecule has 1 amide bonds. The molecule has 1 aromatic carbocycles. The number of amides is 1. The number of aryl methyl sites for hydroxylation is 1. The number of aliphatic carboxylic acids is 1. The maximum absolute atomic E-state index is 12.9. The quantitative estimate of drug-likeness (QED) is 0.121. The molecule has 3 rings (SSSR count). The molecule has 0 spiro atoms. The van der Waals surface area contributed by atoms with Crippen molar-refractivity contribution in [3.8, 4) is 0 Å². The van der Waals surface area contributed by atoms with Crippen molar-refractivity contribution in [2.24, 2.45) is 0 Å². The van der Waals surface area contributed by atoms with E-state index in [0.29, 0.717) is 36.1 Å². The van der Waals surface area contributed by atoms with Gasteiger partial charge in [0.1, 0.15) is 5.76 Å². The molecular formula is C28H30N2O9. The van der Waals surface area contributed by atoms with Gasteiger partial charge in [0.05, 0.1) is 33.0 Å². The Hall–Kier alpha value is -4.32. The van der Waals surface area contributed by atoms with Crippen molar-refractivity contribution < 1.29 is 43.0 Å². The van der Waals surface area contributed by atoms with Crippen molar-refractivity contribution in [1.82, 2.24) is 10.4 Å². The van der Waals surface area contributed by atoms with Crippen molar-refractivity contribution >= 4 is 29.7 Å². The summed E-state index contributed by atoms with van der Waals surface area (Å²) in [4.78, 5) is 52.3. The number of rotatable bonds is 14. The van der Waals surface area contributed by atoms with E-state index in [1.807, 2.05) is 24.3 Å². The summed E-state index contributed by atoms with van der Waals surface area (Å²) in [5, 5.41) is 12.8. The molecule has 0 atom stereocenters. The summed E-state index contributed by atoms with van der Waals surface area (Å²) in [5.41, 5.74) is 0.771. The number of furan rings is 1. The number of carbonyl (C=O) groups is 4. The van der Waals surface area contributed by atoms with E-state index in [1.54, 1.807) is 37.3 Å². The molecular weight excluding hydrogens is 508 g/mol. The van der Waals surface area contributed by atoms with Crippen molar-refractivity contribution in [2.45, 2.75) is 13.0 Å². The number of hydroxylamine groups is 2. The minimum absolute atomic E-state index is 0.0207. The van der Waals surface area contributed by atoms with Gasteiger partial charge in [-0.05, 0) is 42.8 Å². The lowest BCUT2D eigenvalue weighted by molar-refractivity contribution is -0.189. The van der Waals surface area contributed by atoms with Gasteiger partial charge in [-0.1, -0.05) is 42.5 Å². The third kappa shape index (κ3) is 9.82. The molecule has 1 aromatic heterocycles. The minimum atomic E-state index is -1.84. The molecule has 1 heterocycles. The Bertz CT molecular complexity index is 1220. The monoisotopic (exact) mass is 538 g/mol. The van der Waals surface area contributed by atoms with Crippen LogP contribution in [0.4, 0.5) is 0 Å². The lowest BCUT2D eigenvalue weighted by Gasteiger charge is -2.20. The average molecular weight is 539 g/mol. The molecule has 11 nitrogen and oxygen atoms in total. The zero-order chi connectivity index (χ0) is 28.0. The van der Waals surface area contributed by atoms with Crippen LogP contribution in [0.1, 0.15) is 32.2 Å². The van der Waals surface area contributed by atoms with E-state index in [4.69, 9.17) is 23.8 Å². The largest absolute Gasteiger partial charge is 0.473 e. The highest BCUT2D eigenvalue weighted by atomic mass is 16.7.